The molecule has 1 aromatic carbocycles. The van der Waals surface area contributed by atoms with Gasteiger partial charge in [0.1, 0.15) is 11.9 Å². The average molecular weight is 416 g/mol. The van der Waals surface area contributed by atoms with Crippen LogP contribution in [0.25, 0.3) is 10.9 Å². The number of fused-ring (bicyclic) bond motifs is 1. The maximum atomic E-state index is 13.5. The van der Waals surface area contributed by atoms with Crippen LogP contribution < -0.4 is 15.4 Å². The summed E-state index contributed by atoms with van der Waals surface area (Å²) in [5.41, 5.74) is 7.90. The largest absolute Gasteiger partial charge is 0.497 e. The fourth-order valence-electron chi connectivity index (χ4n) is 4.47. The van der Waals surface area contributed by atoms with Gasteiger partial charge in [-0.2, -0.15) is 0 Å². The highest BCUT2D eigenvalue weighted by atomic mass is 19.1. The fraction of sp³-hybridized carbons (Fsp3) is 0.545. The molecule has 2 saturated heterocycles. The number of likely N-dealkylation sites (tertiary alicyclic amines) is 2. The number of alkyl halides is 1. The molecule has 2 fully saturated rings. The van der Waals surface area contributed by atoms with Crippen molar-refractivity contribution in [2.45, 2.75) is 37.6 Å². The molecule has 0 unspecified atom stereocenters. The maximum absolute atomic E-state index is 13.5. The molecule has 0 spiro atoms. The van der Waals surface area contributed by atoms with Crippen LogP contribution in [0.1, 0.15) is 19.3 Å². The number of anilines is 1. The zero-order valence-corrected chi connectivity index (χ0v) is 17.6. The van der Waals surface area contributed by atoms with Gasteiger partial charge in [-0.05, 0) is 37.1 Å². The molecule has 1 amide bonds. The van der Waals surface area contributed by atoms with E-state index in [2.05, 4.69) is 27.9 Å². The second kappa shape index (κ2) is 8.73. The van der Waals surface area contributed by atoms with Gasteiger partial charge in [0.2, 0.25) is 5.91 Å². The van der Waals surface area contributed by atoms with Gasteiger partial charge in [-0.1, -0.05) is 0 Å². The summed E-state index contributed by atoms with van der Waals surface area (Å²) >= 11 is 0. The minimum absolute atomic E-state index is 0.0675. The number of methoxy groups -OCH3 is 1. The number of benzene rings is 1. The third kappa shape index (κ3) is 4.34. The van der Waals surface area contributed by atoms with Gasteiger partial charge in [0.15, 0.2) is 0 Å². The normalized spacial score (nSPS) is 23.1. The molecule has 30 heavy (non-hydrogen) atoms. The number of ether oxygens (including phenoxy) is 1. The van der Waals surface area contributed by atoms with Crippen LogP contribution >= 0.6 is 0 Å². The number of amides is 1. The van der Waals surface area contributed by atoms with E-state index in [1.54, 1.807) is 7.11 Å². The van der Waals surface area contributed by atoms with Crippen molar-refractivity contribution in [2.75, 3.05) is 45.2 Å². The smallest absolute Gasteiger partial charge is 0.238 e. The van der Waals surface area contributed by atoms with Gasteiger partial charge in [0, 0.05) is 38.0 Å². The highest BCUT2D eigenvalue weighted by Crippen LogP contribution is 2.27. The SMILES string of the molecule is COc1ccc2ncc(N(C)C3CCN(CC(=O)N4C[C@@H](F)C[C@H]4N)CC3)cc2c1. The number of halogens is 1. The number of carbonyl (C=O) groups excluding carboxylic acids is 1. The molecule has 0 saturated carbocycles. The molecule has 2 atom stereocenters. The van der Waals surface area contributed by atoms with Crippen molar-refractivity contribution in [3.63, 3.8) is 0 Å². The molecule has 2 aromatic rings. The van der Waals surface area contributed by atoms with Crippen LogP contribution in [0, 0.1) is 0 Å². The minimum Gasteiger partial charge on any atom is -0.497 e. The Kier molecular flexibility index (Phi) is 6.06. The molecule has 7 nitrogen and oxygen atoms in total. The molecular formula is C22H30FN5O2. The first-order chi connectivity index (χ1) is 14.4. The van der Waals surface area contributed by atoms with Crippen LogP contribution in [0.5, 0.6) is 5.75 Å². The predicted molar refractivity (Wildman–Crippen MR) is 115 cm³/mol. The van der Waals surface area contributed by atoms with E-state index in [4.69, 9.17) is 10.5 Å². The van der Waals surface area contributed by atoms with Crippen molar-refractivity contribution in [3.8, 4) is 5.75 Å². The number of aromatic nitrogens is 1. The third-order valence-electron chi connectivity index (χ3n) is 6.36. The summed E-state index contributed by atoms with van der Waals surface area (Å²) in [6.07, 6.45) is 2.57. The molecule has 0 bridgehead atoms. The zero-order chi connectivity index (χ0) is 21.3. The lowest BCUT2D eigenvalue weighted by Crippen LogP contribution is -2.49. The van der Waals surface area contributed by atoms with Gasteiger partial charge in [-0.15, -0.1) is 0 Å². The van der Waals surface area contributed by atoms with Crippen LogP contribution in [0.4, 0.5) is 10.1 Å². The van der Waals surface area contributed by atoms with Gasteiger partial charge in [-0.25, -0.2) is 4.39 Å². The van der Waals surface area contributed by atoms with Crippen molar-refractivity contribution in [1.82, 2.24) is 14.8 Å². The van der Waals surface area contributed by atoms with Crippen molar-refractivity contribution < 1.29 is 13.9 Å². The molecule has 3 heterocycles. The lowest BCUT2D eigenvalue weighted by Gasteiger charge is -2.38. The van der Waals surface area contributed by atoms with Crippen molar-refractivity contribution >= 4 is 22.5 Å². The summed E-state index contributed by atoms with van der Waals surface area (Å²) in [6.45, 7) is 2.10. The predicted octanol–water partition coefficient (Wildman–Crippen LogP) is 2.00. The molecule has 162 valence electrons. The van der Waals surface area contributed by atoms with Gasteiger partial charge >= 0.3 is 0 Å². The fourth-order valence-corrected chi connectivity index (χ4v) is 4.47. The lowest BCUT2D eigenvalue weighted by molar-refractivity contribution is -0.133. The topological polar surface area (TPSA) is 74.9 Å². The van der Waals surface area contributed by atoms with E-state index in [9.17, 15) is 9.18 Å². The highest BCUT2D eigenvalue weighted by molar-refractivity contribution is 5.83. The van der Waals surface area contributed by atoms with Gasteiger partial charge in [0.05, 0.1) is 43.8 Å². The molecule has 0 radical (unpaired) electrons. The van der Waals surface area contributed by atoms with E-state index in [1.165, 1.54) is 4.90 Å². The van der Waals surface area contributed by atoms with Crippen LogP contribution in [0.3, 0.4) is 0 Å². The second-order valence-electron chi connectivity index (χ2n) is 8.32. The number of rotatable bonds is 5. The summed E-state index contributed by atoms with van der Waals surface area (Å²) in [4.78, 5) is 23.0. The first kappa shape index (κ1) is 20.8. The quantitative estimate of drug-likeness (QED) is 0.805. The summed E-state index contributed by atoms with van der Waals surface area (Å²) < 4.78 is 18.8. The van der Waals surface area contributed by atoms with E-state index in [0.717, 1.165) is 48.3 Å². The number of pyridine rings is 1. The number of carbonyl (C=O) groups is 1. The van der Waals surface area contributed by atoms with Gasteiger partial charge in [-0.3, -0.25) is 14.7 Å². The molecule has 8 heteroatoms. The Bertz CT molecular complexity index is 902. The molecule has 2 N–H and O–H groups in total. The number of hydrogen-bond acceptors (Lipinski definition) is 6. The molecule has 1 aromatic heterocycles. The number of nitrogens with zero attached hydrogens (tertiary/aromatic N) is 4. The second-order valence-corrected chi connectivity index (χ2v) is 8.32. The van der Waals surface area contributed by atoms with Crippen LogP contribution in [-0.4, -0.2) is 79.4 Å². The Morgan fingerprint density at radius 3 is 2.77 bits per heavy atom. The van der Waals surface area contributed by atoms with E-state index in [0.29, 0.717) is 12.6 Å². The summed E-state index contributed by atoms with van der Waals surface area (Å²) in [7, 11) is 3.76. The van der Waals surface area contributed by atoms with Gasteiger partial charge in [0.25, 0.3) is 0 Å². The lowest BCUT2D eigenvalue weighted by atomic mass is 10.0. The monoisotopic (exact) mass is 415 g/mol. The third-order valence-corrected chi connectivity index (χ3v) is 6.36. The van der Waals surface area contributed by atoms with Crippen LogP contribution in [0.15, 0.2) is 30.5 Å². The molecular weight excluding hydrogens is 385 g/mol. The first-order valence-corrected chi connectivity index (χ1v) is 10.5. The molecule has 2 aliphatic heterocycles. The van der Waals surface area contributed by atoms with Crippen molar-refractivity contribution in [2.24, 2.45) is 5.73 Å². The van der Waals surface area contributed by atoms with E-state index >= 15 is 0 Å². The highest BCUT2D eigenvalue weighted by Gasteiger charge is 2.34. The summed E-state index contributed by atoms with van der Waals surface area (Å²) in [5, 5.41) is 1.05. The van der Waals surface area contributed by atoms with E-state index in [1.807, 2.05) is 24.4 Å². The first-order valence-electron chi connectivity index (χ1n) is 10.5. The van der Waals surface area contributed by atoms with Crippen LogP contribution in [-0.2, 0) is 4.79 Å². The van der Waals surface area contributed by atoms with Gasteiger partial charge < -0.3 is 20.3 Å². The van der Waals surface area contributed by atoms with E-state index < -0.39 is 12.3 Å². The molecule has 0 aliphatic carbocycles. The Morgan fingerprint density at radius 1 is 1.33 bits per heavy atom. The summed E-state index contributed by atoms with van der Waals surface area (Å²) in [5.74, 6) is 0.751. The summed E-state index contributed by atoms with van der Waals surface area (Å²) in [6, 6.07) is 8.40. The maximum Gasteiger partial charge on any atom is 0.238 e. The number of hydrogen-bond donors (Lipinski definition) is 1. The molecule has 2 aliphatic rings. The van der Waals surface area contributed by atoms with Crippen molar-refractivity contribution in [1.29, 1.82) is 0 Å². The Balaban J connectivity index is 1.34. The Hall–Kier alpha value is -2.45. The zero-order valence-electron chi connectivity index (χ0n) is 17.6. The molecule has 4 rings (SSSR count). The standard InChI is InChI=1S/C22H30FN5O2/c1-26(18-9-15-10-19(30-2)3-4-20(15)25-12-18)17-5-7-27(8-6-17)14-22(29)28-13-16(23)11-21(28)24/h3-4,9-10,12,16-17,21H,5-8,11,13-14,24H2,1-2H3/t16-,21-/m0/s1. The number of piperidine rings is 1. The Labute approximate surface area is 176 Å². The minimum atomic E-state index is -1.00. The average Bonchev–Trinajstić information content (AvgIpc) is 3.11. The van der Waals surface area contributed by atoms with Crippen LogP contribution in [0.2, 0.25) is 0 Å². The van der Waals surface area contributed by atoms with E-state index in [-0.39, 0.29) is 18.9 Å². The Morgan fingerprint density at radius 2 is 2.10 bits per heavy atom. The number of nitrogens with two attached hydrogens (primary N) is 1. The van der Waals surface area contributed by atoms with Crippen molar-refractivity contribution in [3.05, 3.63) is 30.5 Å².